The number of benzene rings is 2. The molecule has 2 aromatic rings. The number of aliphatic hydroxyl groups excluding tert-OH is 1. The van der Waals surface area contributed by atoms with Crippen molar-refractivity contribution in [2.45, 2.75) is 57.6 Å². The van der Waals surface area contributed by atoms with E-state index in [1.54, 1.807) is 0 Å². The van der Waals surface area contributed by atoms with Crippen LogP contribution in [0.4, 0.5) is 0 Å². The van der Waals surface area contributed by atoms with E-state index in [4.69, 9.17) is 14.2 Å². The molecule has 1 heterocycles. The molecule has 1 fully saturated rings. The Kier molecular flexibility index (Phi) is 6.21. The molecule has 0 aromatic heterocycles. The predicted molar refractivity (Wildman–Crippen MR) is 96.1 cm³/mol. The van der Waals surface area contributed by atoms with Gasteiger partial charge in [0.2, 0.25) is 0 Å². The second-order valence-electron chi connectivity index (χ2n) is 6.56. The van der Waals surface area contributed by atoms with Gasteiger partial charge in [-0.05, 0) is 25.0 Å². The van der Waals surface area contributed by atoms with Crippen molar-refractivity contribution in [2.24, 2.45) is 0 Å². The summed E-state index contributed by atoms with van der Waals surface area (Å²) in [6.07, 6.45) is -1.91. The first-order valence-electron chi connectivity index (χ1n) is 8.79. The highest BCUT2D eigenvalue weighted by Crippen LogP contribution is 2.27. The molecule has 1 N–H and O–H groups in total. The second-order valence-corrected chi connectivity index (χ2v) is 6.56. The smallest absolute Gasteiger partial charge is 0.115 e. The number of ether oxygens (including phenoxy) is 3. The summed E-state index contributed by atoms with van der Waals surface area (Å²) in [6, 6.07) is 20.0. The average Bonchev–Trinajstić information content (AvgIpc) is 2.64. The van der Waals surface area contributed by atoms with E-state index >= 15 is 0 Å². The molecule has 0 spiro atoms. The third kappa shape index (κ3) is 4.67. The molecular weight excluding hydrogens is 316 g/mol. The lowest BCUT2D eigenvalue weighted by atomic mass is 9.96. The van der Waals surface area contributed by atoms with E-state index < -0.39 is 12.2 Å². The van der Waals surface area contributed by atoms with Crippen LogP contribution in [0, 0.1) is 0 Å². The zero-order chi connectivity index (χ0) is 17.6. The maximum absolute atomic E-state index is 10.6. The Morgan fingerprint density at radius 3 is 1.76 bits per heavy atom. The topological polar surface area (TPSA) is 47.9 Å². The van der Waals surface area contributed by atoms with Crippen LogP contribution in [0.5, 0.6) is 0 Å². The lowest BCUT2D eigenvalue weighted by Crippen LogP contribution is -2.57. The zero-order valence-electron chi connectivity index (χ0n) is 14.7. The lowest BCUT2D eigenvalue weighted by Gasteiger charge is -2.42. The molecule has 0 radical (unpaired) electrons. The van der Waals surface area contributed by atoms with E-state index in [0.717, 1.165) is 11.1 Å². The van der Waals surface area contributed by atoms with Gasteiger partial charge in [-0.2, -0.15) is 0 Å². The van der Waals surface area contributed by atoms with Gasteiger partial charge in [0, 0.05) is 0 Å². The fourth-order valence-electron chi connectivity index (χ4n) is 3.18. The van der Waals surface area contributed by atoms with Gasteiger partial charge in [-0.1, -0.05) is 60.7 Å². The number of hydrogen-bond donors (Lipinski definition) is 1. The van der Waals surface area contributed by atoms with Gasteiger partial charge < -0.3 is 19.3 Å². The molecule has 0 amide bonds. The predicted octanol–water partition coefficient (Wildman–Crippen LogP) is 3.33. The molecule has 4 heteroatoms. The molecule has 134 valence electrons. The molecule has 1 aliphatic rings. The van der Waals surface area contributed by atoms with Crippen LogP contribution in [0.1, 0.15) is 25.0 Å². The van der Waals surface area contributed by atoms with Gasteiger partial charge in [0.1, 0.15) is 18.3 Å². The van der Waals surface area contributed by atoms with Gasteiger partial charge in [-0.15, -0.1) is 0 Å². The maximum Gasteiger partial charge on any atom is 0.115 e. The van der Waals surface area contributed by atoms with Gasteiger partial charge in [0.05, 0.1) is 25.4 Å². The number of aliphatic hydroxyl groups is 1. The Labute approximate surface area is 149 Å². The SMILES string of the molecule is CC1O[C@@H](C)C(O)[C@@H](OCc2ccccc2)[C@@H]1OCc1ccccc1. The fourth-order valence-corrected chi connectivity index (χ4v) is 3.18. The van der Waals surface area contributed by atoms with Crippen LogP contribution >= 0.6 is 0 Å². The molecule has 5 atom stereocenters. The van der Waals surface area contributed by atoms with E-state index in [1.807, 2.05) is 74.5 Å². The van der Waals surface area contributed by atoms with E-state index in [-0.39, 0.29) is 18.3 Å². The Morgan fingerprint density at radius 1 is 0.760 bits per heavy atom. The van der Waals surface area contributed by atoms with E-state index in [1.165, 1.54) is 0 Å². The molecule has 1 aliphatic heterocycles. The Balaban J connectivity index is 1.67. The van der Waals surface area contributed by atoms with Crippen molar-refractivity contribution in [1.82, 2.24) is 0 Å². The molecule has 0 aliphatic carbocycles. The van der Waals surface area contributed by atoms with Crippen molar-refractivity contribution in [3.05, 3.63) is 71.8 Å². The van der Waals surface area contributed by atoms with E-state index in [9.17, 15) is 5.11 Å². The summed E-state index contributed by atoms with van der Waals surface area (Å²) < 4.78 is 18.0. The number of hydrogen-bond acceptors (Lipinski definition) is 4. The summed E-state index contributed by atoms with van der Waals surface area (Å²) in [6.45, 7) is 4.74. The van der Waals surface area contributed by atoms with Gasteiger partial charge in [-0.25, -0.2) is 0 Å². The summed E-state index contributed by atoms with van der Waals surface area (Å²) in [5.41, 5.74) is 2.16. The third-order valence-electron chi connectivity index (χ3n) is 4.60. The summed E-state index contributed by atoms with van der Waals surface area (Å²) in [5.74, 6) is 0. The van der Waals surface area contributed by atoms with Gasteiger partial charge in [-0.3, -0.25) is 0 Å². The molecule has 1 saturated heterocycles. The van der Waals surface area contributed by atoms with E-state index in [2.05, 4.69) is 0 Å². The van der Waals surface area contributed by atoms with Crippen molar-refractivity contribution in [3.8, 4) is 0 Å². The van der Waals surface area contributed by atoms with Crippen molar-refractivity contribution in [2.75, 3.05) is 0 Å². The van der Waals surface area contributed by atoms with Crippen LogP contribution in [0.2, 0.25) is 0 Å². The van der Waals surface area contributed by atoms with Crippen molar-refractivity contribution < 1.29 is 19.3 Å². The first-order valence-corrected chi connectivity index (χ1v) is 8.79. The number of rotatable bonds is 6. The van der Waals surface area contributed by atoms with Gasteiger partial charge in [0.15, 0.2) is 0 Å². The molecular formula is C21H26O4. The Morgan fingerprint density at radius 2 is 1.24 bits per heavy atom. The fraction of sp³-hybridized carbons (Fsp3) is 0.429. The van der Waals surface area contributed by atoms with Crippen molar-refractivity contribution >= 4 is 0 Å². The molecule has 4 nitrogen and oxygen atoms in total. The van der Waals surface area contributed by atoms with Crippen LogP contribution in [0.15, 0.2) is 60.7 Å². The second kappa shape index (κ2) is 8.59. The molecule has 0 saturated carbocycles. The minimum absolute atomic E-state index is 0.150. The van der Waals surface area contributed by atoms with Gasteiger partial charge in [0.25, 0.3) is 0 Å². The molecule has 0 bridgehead atoms. The Bertz CT molecular complexity index is 631. The quantitative estimate of drug-likeness (QED) is 0.875. The standard InChI is InChI=1S/C21H26O4/c1-15-19(22)21(24-14-18-11-7-4-8-12-18)20(16(2)25-15)23-13-17-9-5-3-6-10-17/h3-12,15-16,19-22H,13-14H2,1-2H3/t15-,16?,19?,20+,21+/m0/s1. The minimum atomic E-state index is -0.722. The summed E-state index contributed by atoms with van der Waals surface area (Å²) >= 11 is 0. The Hall–Kier alpha value is -1.72. The van der Waals surface area contributed by atoms with Crippen LogP contribution in [-0.2, 0) is 27.4 Å². The first kappa shape index (κ1) is 18.1. The monoisotopic (exact) mass is 342 g/mol. The zero-order valence-corrected chi connectivity index (χ0v) is 14.7. The van der Waals surface area contributed by atoms with E-state index in [0.29, 0.717) is 13.2 Å². The van der Waals surface area contributed by atoms with Crippen LogP contribution in [0.25, 0.3) is 0 Å². The molecule has 25 heavy (non-hydrogen) atoms. The summed E-state index contributed by atoms with van der Waals surface area (Å²) in [5, 5.41) is 10.6. The summed E-state index contributed by atoms with van der Waals surface area (Å²) in [4.78, 5) is 0. The van der Waals surface area contributed by atoms with Gasteiger partial charge >= 0.3 is 0 Å². The van der Waals surface area contributed by atoms with Crippen LogP contribution in [-0.4, -0.2) is 35.6 Å². The average molecular weight is 342 g/mol. The maximum atomic E-state index is 10.6. The summed E-state index contributed by atoms with van der Waals surface area (Å²) in [7, 11) is 0. The highest BCUT2D eigenvalue weighted by molar-refractivity contribution is 5.14. The third-order valence-corrected chi connectivity index (χ3v) is 4.60. The highest BCUT2D eigenvalue weighted by Gasteiger charge is 2.43. The largest absolute Gasteiger partial charge is 0.388 e. The van der Waals surface area contributed by atoms with Crippen LogP contribution < -0.4 is 0 Å². The van der Waals surface area contributed by atoms with Crippen LogP contribution in [0.3, 0.4) is 0 Å². The molecule has 3 rings (SSSR count). The van der Waals surface area contributed by atoms with Crippen molar-refractivity contribution in [1.29, 1.82) is 0 Å². The molecule has 2 unspecified atom stereocenters. The normalized spacial score (nSPS) is 29.5. The minimum Gasteiger partial charge on any atom is -0.388 e. The highest BCUT2D eigenvalue weighted by atomic mass is 16.6. The lowest BCUT2D eigenvalue weighted by molar-refractivity contribution is -0.244. The molecule has 2 aromatic carbocycles. The van der Waals surface area contributed by atoms with Crippen molar-refractivity contribution in [3.63, 3.8) is 0 Å². The first-order chi connectivity index (χ1) is 12.1.